The van der Waals surface area contributed by atoms with Crippen molar-refractivity contribution < 1.29 is 0 Å². The summed E-state index contributed by atoms with van der Waals surface area (Å²) in [7, 11) is 1.88. The number of hydrogen-bond donors (Lipinski definition) is 1. The molecule has 0 aromatic carbocycles. The van der Waals surface area contributed by atoms with Crippen molar-refractivity contribution in [1.82, 2.24) is 9.55 Å². The van der Waals surface area contributed by atoms with Crippen LogP contribution >= 0.6 is 0 Å². The average Bonchev–Trinajstić information content (AvgIpc) is 2.28. The number of hydrogen-bond acceptors (Lipinski definition) is 4. The molecular weight excluding hydrogens is 216 g/mol. The van der Waals surface area contributed by atoms with Gasteiger partial charge in [-0.3, -0.25) is 4.79 Å². The third-order valence-corrected chi connectivity index (χ3v) is 2.99. The largest absolute Gasteiger partial charge is 0.352 e. The summed E-state index contributed by atoms with van der Waals surface area (Å²) in [4.78, 5) is 18.3. The van der Waals surface area contributed by atoms with E-state index in [1.807, 2.05) is 32.7 Å². The van der Waals surface area contributed by atoms with E-state index in [1.54, 1.807) is 17.0 Å². The zero-order chi connectivity index (χ0) is 13.0. The van der Waals surface area contributed by atoms with E-state index in [1.165, 1.54) is 0 Å². The van der Waals surface area contributed by atoms with Crippen LogP contribution in [0.15, 0.2) is 17.2 Å². The first-order valence-electron chi connectivity index (χ1n) is 5.99. The molecule has 2 N–H and O–H groups in total. The smallest absolute Gasteiger partial charge is 0.293 e. The molecule has 5 nitrogen and oxygen atoms in total. The topological polar surface area (TPSA) is 64.2 Å². The maximum absolute atomic E-state index is 12.2. The Labute approximate surface area is 102 Å². The van der Waals surface area contributed by atoms with E-state index in [0.29, 0.717) is 12.4 Å². The Morgan fingerprint density at radius 2 is 2.12 bits per heavy atom. The number of rotatable bonds is 5. The molecule has 0 radical (unpaired) electrons. The van der Waals surface area contributed by atoms with Gasteiger partial charge in [0.05, 0.1) is 0 Å². The summed E-state index contributed by atoms with van der Waals surface area (Å²) in [6, 6.07) is 0.352. The van der Waals surface area contributed by atoms with Crippen molar-refractivity contribution in [1.29, 1.82) is 0 Å². The number of anilines is 1. The molecule has 1 aromatic rings. The molecule has 0 fully saturated rings. The lowest BCUT2D eigenvalue weighted by molar-refractivity contribution is 0.563. The van der Waals surface area contributed by atoms with Gasteiger partial charge in [0.15, 0.2) is 5.82 Å². The number of nitrogens with zero attached hydrogens (tertiary/aromatic N) is 3. The fourth-order valence-corrected chi connectivity index (χ4v) is 1.71. The highest BCUT2D eigenvalue weighted by atomic mass is 16.1. The Bertz CT molecular complexity index is 413. The third kappa shape index (κ3) is 3.06. The summed E-state index contributed by atoms with van der Waals surface area (Å²) >= 11 is 0. The highest BCUT2D eigenvalue weighted by Crippen LogP contribution is 2.09. The van der Waals surface area contributed by atoms with E-state index in [0.717, 1.165) is 6.42 Å². The van der Waals surface area contributed by atoms with E-state index in [4.69, 9.17) is 5.73 Å². The van der Waals surface area contributed by atoms with Crippen LogP contribution in [0.5, 0.6) is 0 Å². The summed E-state index contributed by atoms with van der Waals surface area (Å²) in [6.45, 7) is 6.61. The second-order valence-corrected chi connectivity index (χ2v) is 4.59. The molecule has 1 aromatic heterocycles. The summed E-state index contributed by atoms with van der Waals surface area (Å²) < 4.78 is 1.69. The maximum Gasteiger partial charge on any atom is 0.293 e. The van der Waals surface area contributed by atoms with E-state index >= 15 is 0 Å². The summed E-state index contributed by atoms with van der Waals surface area (Å²) in [6.07, 6.45) is 4.23. The highest BCUT2D eigenvalue weighted by molar-refractivity contribution is 5.35. The minimum Gasteiger partial charge on any atom is -0.352 e. The summed E-state index contributed by atoms with van der Waals surface area (Å²) in [5.41, 5.74) is 5.48. The zero-order valence-electron chi connectivity index (χ0n) is 11.1. The normalized spacial score (nSPS) is 12.8. The second-order valence-electron chi connectivity index (χ2n) is 4.59. The van der Waals surface area contributed by atoms with E-state index in [2.05, 4.69) is 4.98 Å². The average molecular weight is 238 g/mol. The summed E-state index contributed by atoms with van der Waals surface area (Å²) in [5, 5.41) is 0. The first kappa shape index (κ1) is 13.7. The van der Waals surface area contributed by atoms with Crippen LogP contribution in [0.4, 0.5) is 5.82 Å². The van der Waals surface area contributed by atoms with Gasteiger partial charge in [-0.25, -0.2) is 4.98 Å². The molecule has 0 spiro atoms. The van der Waals surface area contributed by atoms with Crippen molar-refractivity contribution in [3.05, 3.63) is 22.7 Å². The standard InChI is InChI=1S/C12H22N4O/c1-9(2)16-8-7-14-11(12(16)17)15(4)10(3)5-6-13/h7-10H,5-6,13H2,1-4H3. The van der Waals surface area contributed by atoms with Gasteiger partial charge in [-0.1, -0.05) is 0 Å². The third-order valence-electron chi connectivity index (χ3n) is 2.99. The first-order chi connectivity index (χ1) is 7.99. The van der Waals surface area contributed by atoms with Gasteiger partial charge in [-0.05, 0) is 33.7 Å². The zero-order valence-corrected chi connectivity index (χ0v) is 11.1. The van der Waals surface area contributed by atoms with Gasteiger partial charge >= 0.3 is 0 Å². The summed E-state index contributed by atoms with van der Waals surface area (Å²) in [5.74, 6) is 0.488. The van der Waals surface area contributed by atoms with Gasteiger partial charge in [-0.15, -0.1) is 0 Å². The van der Waals surface area contributed by atoms with Gasteiger partial charge in [0, 0.05) is 31.5 Å². The molecule has 0 aliphatic rings. The van der Waals surface area contributed by atoms with Crippen LogP contribution in [0.1, 0.15) is 33.2 Å². The predicted octanol–water partition coefficient (Wildman–Crippen LogP) is 0.998. The number of aromatic nitrogens is 2. The van der Waals surface area contributed by atoms with Crippen LogP contribution in [-0.4, -0.2) is 29.2 Å². The lowest BCUT2D eigenvalue weighted by Gasteiger charge is -2.25. The molecule has 1 rings (SSSR count). The van der Waals surface area contributed by atoms with Crippen molar-refractivity contribution in [3.8, 4) is 0 Å². The molecule has 5 heteroatoms. The lowest BCUT2D eigenvalue weighted by atomic mass is 10.2. The Hall–Kier alpha value is -1.36. The Morgan fingerprint density at radius 3 is 2.65 bits per heavy atom. The van der Waals surface area contributed by atoms with Gasteiger partial charge < -0.3 is 15.2 Å². The van der Waals surface area contributed by atoms with Crippen LogP contribution in [0.3, 0.4) is 0 Å². The molecular formula is C12H22N4O. The molecule has 1 unspecified atom stereocenters. The van der Waals surface area contributed by atoms with E-state index in [-0.39, 0.29) is 17.6 Å². The van der Waals surface area contributed by atoms with Crippen molar-refractivity contribution in [2.24, 2.45) is 5.73 Å². The molecule has 1 atom stereocenters. The van der Waals surface area contributed by atoms with Gasteiger partial charge in [0.25, 0.3) is 5.56 Å². The van der Waals surface area contributed by atoms with Crippen LogP contribution in [0, 0.1) is 0 Å². The minimum absolute atomic E-state index is 0.0473. The van der Waals surface area contributed by atoms with Crippen molar-refractivity contribution in [3.63, 3.8) is 0 Å². The van der Waals surface area contributed by atoms with Crippen molar-refractivity contribution in [2.45, 2.75) is 39.3 Å². The molecule has 0 saturated carbocycles. The maximum atomic E-state index is 12.2. The Kier molecular flexibility index (Phi) is 4.69. The molecule has 96 valence electrons. The molecule has 0 saturated heterocycles. The fraction of sp³-hybridized carbons (Fsp3) is 0.667. The Morgan fingerprint density at radius 1 is 1.47 bits per heavy atom. The van der Waals surface area contributed by atoms with Crippen LogP contribution in [0.25, 0.3) is 0 Å². The molecule has 0 aliphatic carbocycles. The minimum atomic E-state index is -0.0473. The quantitative estimate of drug-likeness (QED) is 0.831. The SMILES string of the molecule is CC(CCN)N(C)c1nccn(C(C)C)c1=O. The van der Waals surface area contributed by atoms with Crippen molar-refractivity contribution >= 4 is 5.82 Å². The van der Waals surface area contributed by atoms with Gasteiger partial charge in [0.1, 0.15) is 0 Å². The molecule has 17 heavy (non-hydrogen) atoms. The van der Waals surface area contributed by atoms with Gasteiger partial charge in [-0.2, -0.15) is 0 Å². The molecule has 1 heterocycles. The van der Waals surface area contributed by atoms with Gasteiger partial charge in [0.2, 0.25) is 0 Å². The molecule has 0 amide bonds. The molecule has 0 aliphatic heterocycles. The van der Waals surface area contributed by atoms with Crippen molar-refractivity contribution in [2.75, 3.05) is 18.5 Å². The predicted molar refractivity (Wildman–Crippen MR) is 70.4 cm³/mol. The highest BCUT2D eigenvalue weighted by Gasteiger charge is 2.15. The monoisotopic (exact) mass is 238 g/mol. The molecule has 0 bridgehead atoms. The van der Waals surface area contributed by atoms with Crippen LogP contribution < -0.4 is 16.2 Å². The Balaban J connectivity index is 3.06. The van der Waals surface area contributed by atoms with E-state index < -0.39 is 0 Å². The number of nitrogens with two attached hydrogens (primary N) is 1. The lowest BCUT2D eigenvalue weighted by Crippen LogP contribution is -2.37. The van der Waals surface area contributed by atoms with E-state index in [9.17, 15) is 4.79 Å². The van der Waals surface area contributed by atoms with Crippen LogP contribution in [-0.2, 0) is 0 Å². The first-order valence-corrected chi connectivity index (χ1v) is 5.99. The fourth-order valence-electron chi connectivity index (χ4n) is 1.71. The van der Waals surface area contributed by atoms with Crippen LogP contribution in [0.2, 0.25) is 0 Å². The second kappa shape index (κ2) is 5.82.